The second-order valence-electron chi connectivity index (χ2n) is 3.49. The van der Waals surface area contributed by atoms with Gasteiger partial charge in [-0.25, -0.2) is 4.98 Å². The molecular formula is C11H13ClN2S. The lowest BCUT2D eigenvalue weighted by Gasteiger charge is -2.07. The molecule has 0 aliphatic rings. The van der Waals surface area contributed by atoms with Crippen molar-refractivity contribution in [1.29, 1.82) is 5.26 Å². The molecule has 2 nitrogen and oxygen atoms in total. The van der Waals surface area contributed by atoms with Crippen LogP contribution in [-0.4, -0.2) is 16.6 Å². The molecule has 0 N–H and O–H groups in total. The predicted octanol–water partition coefficient (Wildman–Crippen LogP) is 3.23. The molecule has 4 heteroatoms. The molecule has 0 aromatic carbocycles. The van der Waals surface area contributed by atoms with Gasteiger partial charge in [0.1, 0.15) is 11.1 Å². The summed E-state index contributed by atoms with van der Waals surface area (Å²) in [5, 5.41) is 9.72. The zero-order valence-electron chi connectivity index (χ0n) is 8.83. The molecule has 0 amide bonds. The maximum atomic E-state index is 8.90. The van der Waals surface area contributed by atoms with Crippen LogP contribution in [-0.2, 0) is 0 Å². The fraction of sp³-hybridized carbons (Fsp3) is 0.455. The minimum absolute atomic E-state index is 0.436. The first-order valence-electron chi connectivity index (χ1n) is 4.74. The first kappa shape index (κ1) is 12.4. The summed E-state index contributed by atoms with van der Waals surface area (Å²) in [7, 11) is 0. The van der Waals surface area contributed by atoms with Crippen molar-refractivity contribution in [3.63, 3.8) is 0 Å². The molecule has 0 spiro atoms. The number of hydrogen-bond donors (Lipinski definition) is 0. The highest BCUT2D eigenvalue weighted by Crippen LogP contribution is 2.23. The Morgan fingerprint density at radius 1 is 1.60 bits per heavy atom. The van der Waals surface area contributed by atoms with E-state index in [0.29, 0.717) is 17.4 Å². The summed E-state index contributed by atoms with van der Waals surface area (Å²) in [6.45, 7) is 4.01. The van der Waals surface area contributed by atoms with Crippen LogP contribution in [0, 0.1) is 24.2 Å². The lowest BCUT2D eigenvalue weighted by atomic mass is 10.3. The molecule has 0 radical (unpaired) electrons. The molecule has 1 aromatic rings. The highest BCUT2D eigenvalue weighted by atomic mass is 35.5. The number of nitrogens with zero attached hydrogens (tertiary/aromatic N) is 2. The van der Waals surface area contributed by atoms with E-state index < -0.39 is 0 Å². The molecule has 80 valence electrons. The van der Waals surface area contributed by atoms with Crippen LogP contribution in [0.15, 0.2) is 17.2 Å². The summed E-state index contributed by atoms with van der Waals surface area (Å²) < 4.78 is 0. The molecule has 0 aliphatic heterocycles. The number of thioether (sulfide) groups is 1. The molecule has 0 aliphatic carbocycles. The van der Waals surface area contributed by atoms with E-state index in [1.807, 2.05) is 19.1 Å². The minimum atomic E-state index is 0.436. The Bertz CT molecular complexity index is 373. The van der Waals surface area contributed by atoms with E-state index in [-0.39, 0.29) is 0 Å². The van der Waals surface area contributed by atoms with Gasteiger partial charge in [-0.1, -0.05) is 6.92 Å². The zero-order chi connectivity index (χ0) is 11.3. The van der Waals surface area contributed by atoms with E-state index in [1.54, 1.807) is 11.8 Å². The van der Waals surface area contributed by atoms with E-state index in [0.717, 1.165) is 16.5 Å². The van der Waals surface area contributed by atoms with Crippen molar-refractivity contribution < 1.29 is 0 Å². The van der Waals surface area contributed by atoms with Gasteiger partial charge in [-0.2, -0.15) is 5.26 Å². The fourth-order valence-electron chi connectivity index (χ4n) is 0.994. The quantitative estimate of drug-likeness (QED) is 0.599. The monoisotopic (exact) mass is 240 g/mol. The smallest absolute Gasteiger partial charge is 0.114 e. The number of rotatable bonds is 4. The Morgan fingerprint density at radius 3 is 2.93 bits per heavy atom. The van der Waals surface area contributed by atoms with Crippen molar-refractivity contribution in [2.45, 2.75) is 18.9 Å². The second-order valence-corrected chi connectivity index (χ2v) is 4.80. The van der Waals surface area contributed by atoms with Crippen molar-refractivity contribution >= 4 is 23.4 Å². The third-order valence-corrected chi connectivity index (χ3v) is 3.74. The molecule has 1 unspecified atom stereocenters. The molecule has 1 aromatic heterocycles. The lowest BCUT2D eigenvalue weighted by molar-refractivity contribution is 0.758. The van der Waals surface area contributed by atoms with Gasteiger partial charge in [0, 0.05) is 17.3 Å². The van der Waals surface area contributed by atoms with Crippen LogP contribution in [0.2, 0.25) is 0 Å². The van der Waals surface area contributed by atoms with Gasteiger partial charge in [0.25, 0.3) is 0 Å². The maximum Gasteiger partial charge on any atom is 0.114 e. The third-order valence-electron chi connectivity index (χ3n) is 1.89. The highest BCUT2D eigenvalue weighted by Gasteiger charge is 2.07. The Morgan fingerprint density at radius 2 is 2.33 bits per heavy atom. The number of aromatic nitrogens is 1. The highest BCUT2D eigenvalue weighted by molar-refractivity contribution is 7.99. The largest absolute Gasteiger partial charge is 0.245 e. The maximum absolute atomic E-state index is 8.90. The van der Waals surface area contributed by atoms with Crippen LogP contribution in [0.3, 0.4) is 0 Å². The second kappa shape index (κ2) is 5.99. The summed E-state index contributed by atoms with van der Waals surface area (Å²) in [6.07, 6.45) is 0. The van der Waals surface area contributed by atoms with Crippen molar-refractivity contribution in [2.24, 2.45) is 5.92 Å². The summed E-state index contributed by atoms with van der Waals surface area (Å²) in [4.78, 5) is 4.35. The SMILES string of the molecule is Cc1ccc(C#N)c(SCC(C)CCl)n1. The summed E-state index contributed by atoms with van der Waals surface area (Å²) in [5.41, 5.74) is 1.59. The van der Waals surface area contributed by atoms with Crippen LogP contribution < -0.4 is 0 Å². The van der Waals surface area contributed by atoms with Gasteiger partial charge in [0.15, 0.2) is 0 Å². The van der Waals surface area contributed by atoms with Crippen molar-refractivity contribution in [1.82, 2.24) is 4.98 Å². The average Bonchev–Trinajstić information content (AvgIpc) is 2.26. The van der Waals surface area contributed by atoms with Crippen molar-refractivity contribution in [3.8, 4) is 6.07 Å². The number of halogens is 1. The fourth-order valence-corrected chi connectivity index (χ4v) is 2.27. The Kier molecular flexibility index (Phi) is 4.93. The van der Waals surface area contributed by atoms with Gasteiger partial charge in [0.05, 0.1) is 5.56 Å². The van der Waals surface area contributed by atoms with Crippen LogP contribution in [0.25, 0.3) is 0 Å². The van der Waals surface area contributed by atoms with Gasteiger partial charge < -0.3 is 0 Å². The van der Waals surface area contributed by atoms with Crippen molar-refractivity contribution in [2.75, 3.05) is 11.6 Å². The lowest BCUT2D eigenvalue weighted by Crippen LogP contribution is -2.00. The first-order chi connectivity index (χ1) is 7.17. The van der Waals surface area contributed by atoms with Crippen LogP contribution in [0.4, 0.5) is 0 Å². The summed E-state index contributed by atoms with van der Waals surface area (Å²) in [6, 6.07) is 5.82. The molecule has 1 heterocycles. The van der Waals surface area contributed by atoms with E-state index in [1.165, 1.54) is 0 Å². The van der Waals surface area contributed by atoms with Gasteiger partial charge in [-0.05, 0) is 25.0 Å². The summed E-state index contributed by atoms with van der Waals surface area (Å²) in [5.74, 6) is 1.97. The normalized spacial score (nSPS) is 12.1. The van der Waals surface area contributed by atoms with E-state index in [4.69, 9.17) is 16.9 Å². The van der Waals surface area contributed by atoms with Crippen LogP contribution >= 0.6 is 23.4 Å². The molecule has 0 saturated carbocycles. The Hall–Kier alpha value is -0.720. The standard InChI is InChI=1S/C11H13ClN2S/c1-8(5-12)7-15-11-10(6-13)4-3-9(2)14-11/h3-4,8H,5,7H2,1-2H3. The number of aryl methyl sites for hydroxylation is 1. The Balaban J connectivity index is 2.75. The molecule has 1 rings (SSSR count). The molecule has 0 bridgehead atoms. The molecule has 0 fully saturated rings. The van der Waals surface area contributed by atoms with Crippen LogP contribution in [0.5, 0.6) is 0 Å². The zero-order valence-corrected chi connectivity index (χ0v) is 10.4. The van der Waals surface area contributed by atoms with Gasteiger partial charge >= 0.3 is 0 Å². The van der Waals surface area contributed by atoms with E-state index in [9.17, 15) is 0 Å². The minimum Gasteiger partial charge on any atom is -0.245 e. The molecule has 1 atom stereocenters. The number of pyridine rings is 1. The number of alkyl halides is 1. The molecule has 0 saturated heterocycles. The van der Waals surface area contributed by atoms with Gasteiger partial charge in [0.2, 0.25) is 0 Å². The topological polar surface area (TPSA) is 36.7 Å². The predicted molar refractivity (Wildman–Crippen MR) is 64.3 cm³/mol. The van der Waals surface area contributed by atoms with Gasteiger partial charge in [-0.3, -0.25) is 0 Å². The third kappa shape index (κ3) is 3.73. The van der Waals surface area contributed by atoms with E-state index >= 15 is 0 Å². The summed E-state index contributed by atoms with van der Waals surface area (Å²) >= 11 is 7.32. The number of hydrogen-bond acceptors (Lipinski definition) is 3. The van der Waals surface area contributed by atoms with E-state index in [2.05, 4.69) is 18.0 Å². The molecule has 15 heavy (non-hydrogen) atoms. The number of nitriles is 1. The molecular weight excluding hydrogens is 228 g/mol. The van der Waals surface area contributed by atoms with Crippen LogP contribution in [0.1, 0.15) is 18.2 Å². The van der Waals surface area contributed by atoms with Crippen molar-refractivity contribution in [3.05, 3.63) is 23.4 Å². The Labute approximate surface area is 99.7 Å². The average molecular weight is 241 g/mol. The van der Waals surface area contributed by atoms with Gasteiger partial charge in [-0.15, -0.1) is 23.4 Å². The first-order valence-corrected chi connectivity index (χ1v) is 6.26.